The van der Waals surface area contributed by atoms with Crippen LogP contribution in [0.5, 0.6) is 5.75 Å². The van der Waals surface area contributed by atoms with Gasteiger partial charge in [-0.2, -0.15) is 0 Å². The molecule has 0 saturated carbocycles. The molecule has 1 N–H and O–H groups in total. The molecule has 3 fully saturated rings. The van der Waals surface area contributed by atoms with E-state index in [2.05, 4.69) is 9.80 Å². The molecule has 29 heavy (non-hydrogen) atoms. The van der Waals surface area contributed by atoms with Gasteiger partial charge >= 0.3 is 0 Å². The van der Waals surface area contributed by atoms with Crippen molar-refractivity contribution in [1.29, 1.82) is 0 Å². The summed E-state index contributed by atoms with van der Waals surface area (Å²) in [7, 11) is 0. The van der Waals surface area contributed by atoms with Crippen LogP contribution in [0, 0.1) is 5.92 Å². The van der Waals surface area contributed by atoms with Gasteiger partial charge in [0.05, 0.1) is 12.3 Å². The number of benzene rings is 1. The van der Waals surface area contributed by atoms with Gasteiger partial charge in [0.1, 0.15) is 5.75 Å². The molecule has 3 heterocycles. The van der Waals surface area contributed by atoms with E-state index in [1.807, 2.05) is 17.0 Å². The molecule has 0 bridgehead atoms. The number of nitrogens with zero attached hydrogens (tertiary/aromatic N) is 3. The number of hydrogen-bond acceptors (Lipinski definition) is 4. The molecule has 0 unspecified atom stereocenters. The van der Waals surface area contributed by atoms with Crippen molar-refractivity contribution in [3.63, 3.8) is 0 Å². The Kier molecular flexibility index (Phi) is 6.38. The second kappa shape index (κ2) is 9.16. The highest BCUT2D eigenvalue weighted by molar-refractivity contribution is 5.80. The third kappa shape index (κ3) is 4.74. The van der Waals surface area contributed by atoms with Crippen molar-refractivity contribution in [2.45, 2.75) is 51.0 Å². The molecule has 6 nitrogen and oxygen atoms in total. The molecular weight excluding hydrogens is 366 g/mol. The third-order valence-electron chi connectivity index (χ3n) is 6.89. The molecular formula is C23H33N3O3. The SMILES string of the molecule is O=C(Cc1ccccc1O)N1CCC(N2CCC[C@H](C(=O)N3CCCC3)C2)CC1. The van der Waals surface area contributed by atoms with Crippen LogP contribution in [0.3, 0.4) is 0 Å². The standard InChI is InChI=1S/C23H33N3O3/c27-21-8-2-1-6-18(21)16-22(28)24-14-9-20(10-15-24)26-13-5-7-19(17-26)23(29)25-11-3-4-12-25/h1-2,6,8,19-20,27H,3-5,7,9-17H2/t19-/m0/s1. The third-order valence-corrected chi connectivity index (χ3v) is 6.89. The summed E-state index contributed by atoms with van der Waals surface area (Å²) >= 11 is 0. The van der Waals surface area contributed by atoms with Crippen molar-refractivity contribution in [1.82, 2.24) is 14.7 Å². The van der Waals surface area contributed by atoms with Gasteiger partial charge < -0.3 is 14.9 Å². The number of phenols is 1. The minimum Gasteiger partial charge on any atom is -0.508 e. The number of carbonyl (C=O) groups is 2. The molecule has 1 aromatic carbocycles. The fraction of sp³-hybridized carbons (Fsp3) is 0.652. The Labute approximate surface area is 173 Å². The first-order valence-corrected chi connectivity index (χ1v) is 11.2. The molecule has 6 heteroatoms. The van der Waals surface area contributed by atoms with Gasteiger partial charge in [0.2, 0.25) is 11.8 Å². The van der Waals surface area contributed by atoms with Crippen molar-refractivity contribution >= 4 is 11.8 Å². The molecule has 1 aromatic rings. The van der Waals surface area contributed by atoms with Crippen LogP contribution in [0.2, 0.25) is 0 Å². The van der Waals surface area contributed by atoms with Crippen LogP contribution in [-0.4, -0.2) is 76.9 Å². The van der Waals surface area contributed by atoms with Gasteiger partial charge in [0.25, 0.3) is 0 Å². The van der Waals surface area contributed by atoms with Crippen molar-refractivity contribution in [2.24, 2.45) is 5.92 Å². The van der Waals surface area contributed by atoms with Gasteiger partial charge in [-0.05, 0) is 51.1 Å². The van der Waals surface area contributed by atoms with Gasteiger partial charge in [0.15, 0.2) is 0 Å². The number of rotatable bonds is 4. The van der Waals surface area contributed by atoms with E-state index in [4.69, 9.17) is 0 Å². The molecule has 3 aliphatic heterocycles. The number of hydrogen-bond donors (Lipinski definition) is 1. The normalized spacial score (nSPS) is 24.1. The van der Waals surface area contributed by atoms with Gasteiger partial charge in [-0.1, -0.05) is 18.2 Å². The Hall–Kier alpha value is -2.08. The van der Waals surface area contributed by atoms with Gasteiger partial charge in [0, 0.05) is 44.3 Å². The largest absolute Gasteiger partial charge is 0.508 e. The molecule has 3 saturated heterocycles. The fourth-order valence-electron chi connectivity index (χ4n) is 5.15. The molecule has 0 spiro atoms. The summed E-state index contributed by atoms with van der Waals surface area (Å²) in [6.07, 6.45) is 6.60. The smallest absolute Gasteiger partial charge is 0.227 e. The van der Waals surface area contributed by atoms with Crippen LogP contribution in [0.1, 0.15) is 44.1 Å². The topological polar surface area (TPSA) is 64.1 Å². The van der Waals surface area contributed by atoms with Crippen LogP contribution in [0.25, 0.3) is 0 Å². The molecule has 1 atom stereocenters. The van der Waals surface area contributed by atoms with E-state index < -0.39 is 0 Å². The number of phenolic OH excluding ortho intramolecular Hbond substituents is 1. The van der Waals surface area contributed by atoms with Crippen LogP contribution in [0.15, 0.2) is 24.3 Å². The van der Waals surface area contributed by atoms with Crippen molar-refractivity contribution in [3.8, 4) is 5.75 Å². The van der Waals surface area contributed by atoms with E-state index in [1.165, 1.54) is 0 Å². The number of para-hydroxylation sites is 1. The summed E-state index contributed by atoms with van der Waals surface area (Å²) in [6, 6.07) is 7.54. The minimum absolute atomic E-state index is 0.0886. The highest BCUT2D eigenvalue weighted by Crippen LogP contribution is 2.26. The van der Waals surface area contributed by atoms with E-state index in [9.17, 15) is 14.7 Å². The Morgan fingerprint density at radius 3 is 2.34 bits per heavy atom. The molecule has 0 aliphatic carbocycles. The van der Waals surface area contributed by atoms with E-state index in [0.717, 1.165) is 77.8 Å². The summed E-state index contributed by atoms with van der Waals surface area (Å²) in [6.45, 7) is 5.35. The number of carbonyl (C=O) groups excluding carboxylic acids is 2. The van der Waals surface area contributed by atoms with E-state index >= 15 is 0 Å². The minimum atomic E-state index is 0.0886. The monoisotopic (exact) mass is 399 g/mol. The van der Waals surface area contributed by atoms with Gasteiger partial charge in [-0.3, -0.25) is 14.5 Å². The average molecular weight is 400 g/mol. The maximum atomic E-state index is 12.8. The zero-order valence-electron chi connectivity index (χ0n) is 17.3. The summed E-state index contributed by atoms with van der Waals surface area (Å²) < 4.78 is 0. The summed E-state index contributed by atoms with van der Waals surface area (Å²) in [5.74, 6) is 0.800. The zero-order valence-corrected chi connectivity index (χ0v) is 17.3. The molecule has 158 valence electrons. The van der Waals surface area contributed by atoms with E-state index in [0.29, 0.717) is 17.5 Å². The van der Waals surface area contributed by atoms with Crippen LogP contribution >= 0.6 is 0 Å². The highest BCUT2D eigenvalue weighted by atomic mass is 16.3. The van der Waals surface area contributed by atoms with Gasteiger partial charge in [-0.15, -0.1) is 0 Å². The number of amides is 2. The maximum Gasteiger partial charge on any atom is 0.227 e. The van der Waals surface area contributed by atoms with Crippen LogP contribution in [0.4, 0.5) is 0 Å². The van der Waals surface area contributed by atoms with Crippen LogP contribution in [-0.2, 0) is 16.0 Å². The predicted octanol–water partition coefficient (Wildman–Crippen LogP) is 2.26. The lowest BCUT2D eigenvalue weighted by Gasteiger charge is -2.42. The van der Waals surface area contributed by atoms with Crippen molar-refractivity contribution in [3.05, 3.63) is 29.8 Å². The highest BCUT2D eigenvalue weighted by Gasteiger charge is 2.34. The first-order chi connectivity index (χ1) is 14.1. The van der Waals surface area contributed by atoms with E-state index in [1.54, 1.807) is 12.1 Å². The van der Waals surface area contributed by atoms with Crippen molar-refractivity contribution < 1.29 is 14.7 Å². The second-order valence-electron chi connectivity index (χ2n) is 8.78. The van der Waals surface area contributed by atoms with Crippen LogP contribution < -0.4 is 0 Å². The number of likely N-dealkylation sites (tertiary alicyclic amines) is 3. The van der Waals surface area contributed by atoms with Gasteiger partial charge in [-0.25, -0.2) is 0 Å². The first-order valence-electron chi connectivity index (χ1n) is 11.2. The first kappa shape index (κ1) is 20.2. The molecule has 2 amide bonds. The quantitative estimate of drug-likeness (QED) is 0.844. The molecule has 0 radical (unpaired) electrons. The number of piperidine rings is 2. The Morgan fingerprint density at radius 2 is 1.62 bits per heavy atom. The lowest BCUT2D eigenvalue weighted by atomic mass is 9.92. The molecule has 4 rings (SSSR count). The lowest BCUT2D eigenvalue weighted by Crippen LogP contribution is -2.52. The predicted molar refractivity (Wildman–Crippen MR) is 112 cm³/mol. The summed E-state index contributed by atoms with van der Waals surface area (Å²) in [4.78, 5) is 31.9. The number of aromatic hydroxyl groups is 1. The summed E-state index contributed by atoms with van der Waals surface area (Å²) in [5, 5.41) is 9.91. The lowest BCUT2D eigenvalue weighted by molar-refractivity contribution is -0.136. The zero-order chi connectivity index (χ0) is 20.2. The van der Waals surface area contributed by atoms with Crippen molar-refractivity contribution in [2.75, 3.05) is 39.3 Å². The average Bonchev–Trinajstić information content (AvgIpc) is 3.30. The Bertz CT molecular complexity index is 724. The molecule has 0 aromatic heterocycles. The summed E-state index contributed by atoms with van der Waals surface area (Å²) in [5.41, 5.74) is 0.693. The van der Waals surface area contributed by atoms with E-state index in [-0.39, 0.29) is 24.0 Å². The second-order valence-corrected chi connectivity index (χ2v) is 8.78. The maximum absolute atomic E-state index is 12.8. The fourth-order valence-corrected chi connectivity index (χ4v) is 5.15. The Morgan fingerprint density at radius 1 is 0.897 bits per heavy atom. The Balaban J connectivity index is 1.27. The molecule has 3 aliphatic rings.